The van der Waals surface area contributed by atoms with Gasteiger partial charge in [0.25, 0.3) is 0 Å². The molecule has 1 rings (SSSR count). The molecule has 1 heterocycles. The lowest BCUT2D eigenvalue weighted by Gasteiger charge is -2.12. The maximum absolute atomic E-state index is 11.6. The number of amides is 1. The fourth-order valence-corrected chi connectivity index (χ4v) is 1.64. The molecule has 0 saturated carbocycles. The van der Waals surface area contributed by atoms with Crippen molar-refractivity contribution in [3.8, 4) is 0 Å². The quantitative estimate of drug-likeness (QED) is 0.776. The summed E-state index contributed by atoms with van der Waals surface area (Å²) < 4.78 is 10.1. The van der Waals surface area contributed by atoms with E-state index in [1.54, 1.807) is 7.11 Å². The van der Waals surface area contributed by atoms with Gasteiger partial charge in [0, 0.05) is 31.9 Å². The SMILES string of the molecule is COCC(C)NC(=O)CCCc1nc(C(C)C)no1. The van der Waals surface area contributed by atoms with Crippen LogP contribution in [-0.2, 0) is 16.0 Å². The van der Waals surface area contributed by atoms with Gasteiger partial charge in [-0.2, -0.15) is 4.98 Å². The Morgan fingerprint density at radius 2 is 2.16 bits per heavy atom. The molecule has 19 heavy (non-hydrogen) atoms. The highest BCUT2D eigenvalue weighted by atomic mass is 16.5. The van der Waals surface area contributed by atoms with Crippen molar-refractivity contribution in [2.24, 2.45) is 0 Å². The van der Waals surface area contributed by atoms with Crippen LogP contribution in [0.4, 0.5) is 0 Å². The third kappa shape index (κ3) is 5.83. The third-order valence-electron chi connectivity index (χ3n) is 2.62. The van der Waals surface area contributed by atoms with Gasteiger partial charge in [0.15, 0.2) is 5.82 Å². The first kappa shape index (κ1) is 15.6. The lowest BCUT2D eigenvalue weighted by molar-refractivity contribution is -0.122. The number of nitrogens with one attached hydrogen (secondary N) is 1. The fourth-order valence-electron chi connectivity index (χ4n) is 1.64. The van der Waals surface area contributed by atoms with Crippen LogP contribution in [0.25, 0.3) is 0 Å². The topological polar surface area (TPSA) is 77.2 Å². The van der Waals surface area contributed by atoms with Gasteiger partial charge in [-0.1, -0.05) is 19.0 Å². The first-order chi connectivity index (χ1) is 9.02. The molecular weight excluding hydrogens is 246 g/mol. The number of hydrogen-bond acceptors (Lipinski definition) is 5. The van der Waals surface area contributed by atoms with Gasteiger partial charge in [-0.05, 0) is 13.3 Å². The van der Waals surface area contributed by atoms with Gasteiger partial charge in [-0.25, -0.2) is 0 Å². The second-order valence-corrected chi connectivity index (χ2v) is 4.98. The summed E-state index contributed by atoms with van der Waals surface area (Å²) in [5.41, 5.74) is 0. The molecule has 0 radical (unpaired) electrons. The number of carbonyl (C=O) groups excluding carboxylic acids is 1. The highest BCUT2D eigenvalue weighted by Gasteiger charge is 2.11. The average molecular weight is 269 g/mol. The molecule has 1 amide bonds. The second-order valence-electron chi connectivity index (χ2n) is 4.98. The van der Waals surface area contributed by atoms with E-state index >= 15 is 0 Å². The van der Waals surface area contributed by atoms with Gasteiger partial charge < -0.3 is 14.6 Å². The standard InChI is InChI=1S/C13H23N3O3/c1-9(2)13-15-12(19-16-13)7-5-6-11(17)14-10(3)8-18-4/h9-10H,5-8H2,1-4H3,(H,14,17). The lowest BCUT2D eigenvalue weighted by atomic mass is 10.2. The number of aryl methyl sites for hydroxylation is 1. The van der Waals surface area contributed by atoms with Crippen molar-refractivity contribution < 1.29 is 14.1 Å². The van der Waals surface area contributed by atoms with E-state index in [9.17, 15) is 4.79 Å². The highest BCUT2D eigenvalue weighted by molar-refractivity contribution is 5.76. The first-order valence-electron chi connectivity index (χ1n) is 6.63. The number of aromatic nitrogens is 2. The maximum Gasteiger partial charge on any atom is 0.226 e. The van der Waals surface area contributed by atoms with Crippen LogP contribution in [0, 0.1) is 0 Å². The minimum atomic E-state index is 0.0214. The van der Waals surface area contributed by atoms with E-state index in [4.69, 9.17) is 9.26 Å². The van der Waals surface area contributed by atoms with Crippen LogP contribution >= 0.6 is 0 Å². The zero-order valence-electron chi connectivity index (χ0n) is 12.1. The number of carbonyl (C=O) groups is 1. The molecule has 0 aliphatic carbocycles. The van der Waals surface area contributed by atoms with Crippen molar-refractivity contribution in [2.75, 3.05) is 13.7 Å². The zero-order valence-corrected chi connectivity index (χ0v) is 12.1. The van der Waals surface area contributed by atoms with E-state index in [0.717, 1.165) is 0 Å². The normalized spacial score (nSPS) is 12.7. The summed E-state index contributed by atoms with van der Waals surface area (Å²) in [5, 5.41) is 6.74. The summed E-state index contributed by atoms with van der Waals surface area (Å²) in [6, 6.07) is 0.0356. The summed E-state index contributed by atoms with van der Waals surface area (Å²) in [4.78, 5) is 15.9. The molecule has 1 N–H and O–H groups in total. The highest BCUT2D eigenvalue weighted by Crippen LogP contribution is 2.11. The fraction of sp³-hybridized carbons (Fsp3) is 0.769. The Labute approximate surface area is 113 Å². The molecule has 0 spiro atoms. The van der Waals surface area contributed by atoms with E-state index in [-0.39, 0.29) is 17.9 Å². The molecule has 6 nitrogen and oxygen atoms in total. The van der Waals surface area contributed by atoms with E-state index in [2.05, 4.69) is 15.5 Å². The van der Waals surface area contributed by atoms with Gasteiger partial charge >= 0.3 is 0 Å². The number of ether oxygens (including phenoxy) is 1. The molecule has 0 aromatic carbocycles. The minimum absolute atomic E-state index is 0.0214. The Balaban J connectivity index is 2.24. The van der Waals surface area contributed by atoms with Crippen LogP contribution in [0.1, 0.15) is 51.2 Å². The van der Waals surface area contributed by atoms with Crippen LogP contribution in [0.5, 0.6) is 0 Å². The molecule has 0 bridgehead atoms. The van der Waals surface area contributed by atoms with Gasteiger partial charge in [0.2, 0.25) is 11.8 Å². The van der Waals surface area contributed by atoms with Crippen LogP contribution in [0.2, 0.25) is 0 Å². The predicted octanol–water partition coefficient (Wildman–Crippen LogP) is 1.67. The Kier molecular flexibility index (Phi) is 6.49. The Morgan fingerprint density at radius 3 is 2.74 bits per heavy atom. The number of rotatable bonds is 8. The van der Waals surface area contributed by atoms with Crippen LogP contribution in [0.3, 0.4) is 0 Å². The molecule has 0 aliphatic rings. The number of methoxy groups -OCH3 is 1. The molecule has 6 heteroatoms. The molecule has 108 valence electrons. The van der Waals surface area contributed by atoms with Crippen molar-refractivity contribution in [1.82, 2.24) is 15.5 Å². The third-order valence-corrected chi connectivity index (χ3v) is 2.62. The summed E-state index contributed by atoms with van der Waals surface area (Å²) in [6.07, 6.45) is 1.78. The summed E-state index contributed by atoms with van der Waals surface area (Å²) >= 11 is 0. The van der Waals surface area contributed by atoms with Crippen molar-refractivity contribution >= 4 is 5.91 Å². The zero-order chi connectivity index (χ0) is 14.3. The molecule has 0 aliphatic heterocycles. The van der Waals surface area contributed by atoms with Crippen LogP contribution < -0.4 is 5.32 Å². The summed E-state index contributed by atoms with van der Waals surface area (Å²) in [5.74, 6) is 1.60. The van der Waals surface area contributed by atoms with Gasteiger partial charge in [0.05, 0.1) is 6.61 Å². The molecule has 1 aromatic heterocycles. The van der Waals surface area contributed by atoms with Crippen LogP contribution in [0.15, 0.2) is 4.52 Å². The van der Waals surface area contributed by atoms with Gasteiger partial charge in [-0.15, -0.1) is 0 Å². The molecular formula is C13H23N3O3. The minimum Gasteiger partial charge on any atom is -0.383 e. The molecule has 0 saturated heterocycles. The molecule has 1 atom stereocenters. The van der Waals surface area contributed by atoms with Crippen molar-refractivity contribution in [3.63, 3.8) is 0 Å². The summed E-state index contributed by atoms with van der Waals surface area (Å²) in [6.45, 7) is 6.46. The summed E-state index contributed by atoms with van der Waals surface area (Å²) in [7, 11) is 1.62. The van der Waals surface area contributed by atoms with E-state index in [0.29, 0.717) is 37.6 Å². The molecule has 0 fully saturated rings. The largest absolute Gasteiger partial charge is 0.383 e. The maximum atomic E-state index is 11.6. The molecule has 1 unspecified atom stereocenters. The number of hydrogen-bond donors (Lipinski definition) is 1. The first-order valence-corrected chi connectivity index (χ1v) is 6.63. The van der Waals surface area contributed by atoms with E-state index in [1.807, 2.05) is 20.8 Å². The number of nitrogens with zero attached hydrogens (tertiary/aromatic N) is 2. The Hall–Kier alpha value is -1.43. The van der Waals surface area contributed by atoms with Gasteiger partial charge in [0.1, 0.15) is 0 Å². The monoisotopic (exact) mass is 269 g/mol. The van der Waals surface area contributed by atoms with Crippen LogP contribution in [-0.4, -0.2) is 35.8 Å². The van der Waals surface area contributed by atoms with E-state index in [1.165, 1.54) is 0 Å². The average Bonchev–Trinajstić information content (AvgIpc) is 2.78. The Bertz CT molecular complexity index is 390. The Morgan fingerprint density at radius 1 is 1.42 bits per heavy atom. The molecule has 1 aromatic rings. The van der Waals surface area contributed by atoms with E-state index < -0.39 is 0 Å². The predicted molar refractivity (Wildman–Crippen MR) is 70.8 cm³/mol. The second kappa shape index (κ2) is 7.89. The smallest absolute Gasteiger partial charge is 0.226 e. The van der Waals surface area contributed by atoms with Crippen molar-refractivity contribution in [1.29, 1.82) is 0 Å². The van der Waals surface area contributed by atoms with Crippen molar-refractivity contribution in [3.05, 3.63) is 11.7 Å². The van der Waals surface area contributed by atoms with Crippen molar-refractivity contribution in [2.45, 2.75) is 52.0 Å². The van der Waals surface area contributed by atoms with Gasteiger partial charge in [-0.3, -0.25) is 4.79 Å². The lowest BCUT2D eigenvalue weighted by Crippen LogP contribution is -2.35.